The SMILES string of the molecule is COCc1ccccc1C(F)(F)F.C[C@@H](C=O)NP(C)OC1=CC=C(Cl)CC1. The van der Waals surface area contributed by atoms with Crippen molar-refractivity contribution in [3.8, 4) is 0 Å². The normalized spacial score (nSPS) is 16.1. The summed E-state index contributed by atoms with van der Waals surface area (Å²) in [5.41, 5.74) is -0.464. The summed E-state index contributed by atoms with van der Waals surface area (Å²) < 4.78 is 47.3. The predicted molar refractivity (Wildman–Crippen MR) is 106 cm³/mol. The minimum atomic E-state index is -4.30. The summed E-state index contributed by atoms with van der Waals surface area (Å²) in [4.78, 5) is 10.4. The van der Waals surface area contributed by atoms with Crippen LogP contribution >= 0.6 is 19.9 Å². The van der Waals surface area contributed by atoms with Crippen molar-refractivity contribution in [2.75, 3.05) is 13.8 Å². The van der Waals surface area contributed by atoms with Crippen molar-refractivity contribution < 1.29 is 27.2 Å². The molecule has 0 spiro atoms. The number of alkyl halides is 3. The fourth-order valence-corrected chi connectivity index (χ4v) is 3.61. The van der Waals surface area contributed by atoms with Crippen LogP contribution in [0.15, 0.2) is 47.2 Å². The van der Waals surface area contributed by atoms with Crippen LogP contribution in [-0.2, 0) is 26.8 Å². The van der Waals surface area contributed by atoms with Crippen molar-refractivity contribution in [2.24, 2.45) is 0 Å². The lowest BCUT2D eigenvalue weighted by Gasteiger charge is -2.20. The molecule has 0 fully saturated rings. The Bertz CT molecular complexity index is 695. The Hall–Kier alpha value is -1.40. The molecule has 28 heavy (non-hydrogen) atoms. The van der Waals surface area contributed by atoms with Crippen LogP contribution in [0.4, 0.5) is 13.2 Å². The fourth-order valence-electron chi connectivity index (χ4n) is 2.27. The summed E-state index contributed by atoms with van der Waals surface area (Å²) >= 11 is 5.83. The van der Waals surface area contributed by atoms with Gasteiger partial charge in [-0.1, -0.05) is 29.8 Å². The van der Waals surface area contributed by atoms with Crippen LogP contribution in [0.5, 0.6) is 0 Å². The number of carbonyl (C=O) groups is 1. The molecule has 0 heterocycles. The Labute approximate surface area is 169 Å². The monoisotopic (exact) mass is 437 g/mol. The molecule has 1 aliphatic rings. The zero-order valence-corrected chi connectivity index (χ0v) is 17.6. The lowest BCUT2D eigenvalue weighted by Crippen LogP contribution is -2.22. The van der Waals surface area contributed by atoms with Crippen molar-refractivity contribution in [3.63, 3.8) is 0 Å². The smallest absolute Gasteiger partial charge is 0.416 e. The second-order valence-electron chi connectivity index (χ2n) is 5.98. The Kier molecular flexibility index (Phi) is 10.8. The van der Waals surface area contributed by atoms with E-state index >= 15 is 0 Å². The second kappa shape index (κ2) is 12.2. The van der Waals surface area contributed by atoms with Crippen LogP contribution in [0.2, 0.25) is 0 Å². The van der Waals surface area contributed by atoms with Crippen LogP contribution in [0.25, 0.3) is 0 Å². The molecule has 1 aromatic carbocycles. The third-order valence-electron chi connectivity index (χ3n) is 3.53. The second-order valence-corrected chi connectivity index (χ2v) is 7.90. The summed E-state index contributed by atoms with van der Waals surface area (Å²) in [6.45, 7) is 3.73. The van der Waals surface area contributed by atoms with E-state index in [1.165, 1.54) is 19.2 Å². The van der Waals surface area contributed by atoms with Gasteiger partial charge in [-0.25, -0.2) is 0 Å². The molecule has 1 N–H and O–H groups in total. The van der Waals surface area contributed by atoms with E-state index < -0.39 is 20.0 Å². The molecular weight excluding hydrogens is 414 g/mol. The molecule has 9 heteroatoms. The highest BCUT2D eigenvalue weighted by atomic mass is 35.5. The number of nitrogens with one attached hydrogen (secondary N) is 1. The van der Waals surface area contributed by atoms with Crippen molar-refractivity contribution in [1.29, 1.82) is 0 Å². The summed E-state index contributed by atoms with van der Waals surface area (Å²) in [7, 11) is 0.583. The van der Waals surface area contributed by atoms with Gasteiger partial charge >= 0.3 is 6.18 Å². The van der Waals surface area contributed by atoms with E-state index in [9.17, 15) is 18.0 Å². The van der Waals surface area contributed by atoms with Crippen LogP contribution in [0.1, 0.15) is 30.9 Å². The molecule has 0 amide bonds. The number of aldehydes is 1. The van der Waals surface area contributed by atoms with Gasteiger partial charge in [0.1, 0.15) is 12.0 Å². The van der Waals surface area contributed by atoms with Gasteiger partial charge in [0.05, 0.1) is 18.2 Å². The van der Waals surface area contributed by atoms with Gasteiger partial charge in [-0.2, -0.15) is 13.2 Å². The maximum absolute atomic E-state index is 12.3. The molecule has 0 aromatic heterocycles. The maximum atomic E-state index is 12.3. The summed E-state index contributed by atoms with van der Waals surface area (Å²) in [5, 5.41) is 3.93. The van der Waals surface area contributed by atoms with Crippen LogP contribution in [0.3, 0.4) is 0 Å². The van der Waals surface area contributed by atoms with Crippen molar-refractivity contribution in [2.45, 2.75) is 38.6 Å². The van der Waals surface area contributed by atoms with E-state index in [2.05, 4.69) is 9.82 Å². The molecule has 0 bridgehead atoms. The van der Waals surface area contributed by atoms with Crippen LogP contribution in [-0.4, -0.2) is 26.1 Å². The molecule has 2 atom stereocenters. The van der Waals surface area contributed by atoms with Gasteiger partial charge in [0.25, 0.3) is 0 Å². The first-order valence-corrected chi connectivity index (χ1v) is 10.6. The number of allylic oxidation sites excluding steroid dienone is 4. The van der Waals surface area contributed by atoms with Gasteiger partial charge in [-0.15, -0.1) is 0 Å². The zero-order chi connectivity index (χ0) is 21.2. The quantitative estimate of drug-likeness (QED) is 0.434. The van der Waals surface area contributed by atoms with E-state index in [0.717, 1.165) is 36.0 Å². The predicted octanol–water partition coefficient (Wildman–Crippen LogP) is 5.77. The molecule has 0 saturated carbocycles. The number of halogens is 4. The van der Waals surface area contributed by atoms with E-state index in [-0.39, 0.29) is 18.2 Å². The highest BCUT2D eigenvalue weighted by Gasteiger charge is 2.32. The fraction of sp³-hybridized carbons (Fsp3) is 0.421. The highest BCUT2D eigenvalue weighted by Crippen LogP contribution is 2.35. The molecule has 156 valence electrons. The minimum Gasteiger partial charge on any atom is -0.463 e. The number of ether oxygens (including phenoxy) is 1. The first kappa shape index (κ1) is 24.6. The number of benzene rings is 1. The standard InChI is InChI=1S/C10H15ClNO2P.C9H9F3O/c1-8(7-13)12-15(2)14-10-5-3-9(11)4-6-10;1-13-6-7-4-2-3-5-8(7)9(10,11)12/h3,5,7-8,12H,4,6H2,1-2H3;2-5H,6H2,1H3/t8-,15?;/m0./s1. The van der Waals surface area contributed by atoms with Crippen LogP contribution in [0, 0.1) is 0 Å². The first-order chi connectivity index (χ1) is 13.2. The van der Waals surface area contributed by atoms with Gasteiger partial charge in [0, 0.05) is 25.2 Å². The molecule has 4 nitrogen and oxygen atoms in total. The van der Waals surface area contributed by atoms with E-state index in [4.69, 9.17) is 16.1 Å². The van der Waals surface area contributed by atoms with Gasteiger partial charge in [-0.05, 0) is 37.1 Å². The molecule has 0 radical (unpaired) electrons. The van der Waals surface area contributed by atoms with Crippen molar-refractivity contribution in [3.05, 3.63) is 58.3 Å². The van der Waals surface area contributed by atoms with E-state index in [1.54, 1.807) is 13.0 Å². The lowest BCUT2D eigenvalue weighted by atomic mass is 10.1. The summed E-state index contributed by atoms with van der Waals surface area (Å²) in [6, 6.07) is 5.22. The molecule has 0 aliphatic heterocycles. The number of methoxy groups -OCH3 is 1. The zero-order valence-electron chi connectivity index (χ0n) is 15.9. The average molecular weight is 438 g/mol. The highest BCUT2D eigenvalue weighted by molar-refractivity contribution is 7.49. The molecular formula is C19H24ClF3NO3P. The van der Waals surface area contributed by atoms with Crippen molar-refractivity contribution >= 4 is 26.2 Å². The topological polar surface area (TPSA) is 47.6 Å². The Balaban J connectivity index is 0.000000283. The van der Waals surface area contributed by atoms with Crippen molar-refractivity contribution in [1.82, 2.24) is 5.09 Å². The first-order valence-electron chi connectivity index (χ1n) is 8.49. The average Bonchev–Trinajstić information content (AvgIpc) is 2.64. The van der Waals surface area contributed by atoms with Gasteiger partial charge in [0.2, 0.25) is 0 Å². The number of hydrogen-bond acceptors (Lipinski definition) is 4. The van der Waals surface area contributed by atoms with Gasteiger partial charge in [-0.3, -0.25) is 5.09 Å². The Morgan fingerprint density at radius 3 is 2.50 bits per heavy atom. The minimum absolute atomic E-state index is 0.0182. The molecule has 2 rings (SSSR count). The summed E-state index contributed by atoms with van der Waals surface area (Å²) in [5.74, 6) is 0.929. The maximum Gasteiger partial charge on any atom is 0.416 e. The summed E-state index contributed by atoms with van der Waals surface area (Å²) in [6.07, 6.45) is 1.98. The van der Waals surface area contributed by atoms with E-state index in [0.29, 0.717) is 0 Å². The van der Waals surface area contributed by atoms with Gasteiger partial charge < -0.3 is 14.1 Å². The lowest BCUT2D eigenvalue weighted by molar-refractivity contribution is -0.138. The molecule has 1 aromatic rings. The Morgan fingerprint density at radius 2 is 1.96 bits per heavy atom. The number of hydrogen-bond donors (Lipinski definition) is 1. The van der Waals surface area contributed by atoms with Crippen LogP contribution < -0.4 is 5.09 Å². The third-order valence-corrected chi connectivity index (χ3v) is 5.12. The van der Waals surface area contributed by atoms with E-state index in [1.807, 2.05) is 18.8 Å². The third kappa shape index (κ3) is 9.20. The largest absolute Gasteiger partial charge is 0.463 e. The number of rotatable bonds is 7. The van der Waals surface area contributed by atoms with Gasteiger partial charge in [0.15, 0.2) is 8.30 Å². The molecule has 1 aliphatic carbocycles. The molecule has 1 unspecified atom stereocenters. The Morgan fingerprint density at radius 1 is 1.29 bits per heavy atom. The number of carbonyl (C=O) groups excluding carboxylic acids is 1. The molecule has 0 saturated heterocycles.